The highest BCUT2D eigenvalue weighted by Gasteiger charge is 2.27. The number of aromatic nitrogens is 1. The van der Waals surface area contributed by atoms with Crippen LogP contribution in [0, 0.1) is 19.8 Å². The van der Waals surface area contributed by atoms with Crippen molar-refractivity contribution in [3.63, 3.8) is 0 Å². The van der Waals surface area contributed by atoms with E-state index in [9.17, 15) is 4.79 Å². The summed E-state index contributed by atoms with van der Waals surface area (Å²) in [4.78, 5) is 14.1. The van der Waals surface area contributed by atoms with Gasteiger partial charge in [0.05, 0.1) is 11.8 Å². The Bertz CT molecular complexity index is 497. The van der Waals surface area contributed by atoms with Gasteiger partial charge in [0, 0.05) is 31.8 Å². The Kier molecular flexibility index (Phi) is 4.66. The van der Waals surface area contributed by atoms with Gasteiger partial charge in [-0.25, -0.2) is 4.79 Å². The average Bonchev–Trinajstić information content (AvgIpc) is 3.30. The average molecular weight is 307 g/mol. The molecule has 1 saturated carbocycles. The van der Waals surface area contributed by atoms with Gasteiger partial charge in [-0.15, -0.1) is 0 Å². The maximum Gasteiger partial charge on any atom is 0.317 e. The number of hydrogen-bond donors (Lipinski definition) is 1. The zero-order valence-electron chi connectivity index (χ0n) is 13.4. The van der Waals surface area contributed by atoms with Gasteiger partial charge in [0.15, 0.2) is 0 Å². The fourth-order valence-electron chi connectivity index (χ4n) is 2.81. The van der Waals surface area contributed by atoms with E-state index in [0.29, 0.717) is 12.6 Å². The first-order valence-corrected chi connectivity index (χ1v) is 8.19. The first-order chi connectivity index (χ1) is 10.6. The molecule has 0 unspecified atom stereocenters. The third-order valence-electron chi connectivity index (χ3n) is 4.59. The number of ether oxygens (including phenoxy) is 1. The molecule has 22 heavy (non-hydrogen) atoms. The molecule has 1 aliphatic heterocycles. The van der Waals surface area contributed by atoms with Crippen molar-refractivity contribution in [2.45, 2.75) is 52.2 Å². The molecule has 2 aliphatic rings. The largest absolute Gasteiger partial charge is 0.378 e. The second-order valence-electron chi connectivity index (χ2n) is 6.42. The number of amides is 2. The lowest BCUT2D eigenvalue weighted by Crippen LogP contribution is -2.45. The predicted octanol–water partition coefficient (Wildman–Crippen LogP) is 2.39. The molecule has 1 aromatic heterocycles. The zero-order chi connectivity index (χ0) is 15.5. The Balaban J connectivity index is 1.39. The fraction of sp³-hybridized carbons (Fsp3) is 0.750. The first kappa shape index (κ1) is 15.3. The zero-order valence-corrected chi connectivity index (χ0v) is 13.4. The Labute approximate surface area is 131 Å². The van der Waals surface area contributed by atoms with Crippen LogP contribution in [0.2, 0.25) is 0 Å². The molecule has 0 spiro atoms. The third-order valence-corrected chi connectivity index (χ3v) is 4.59. The molecule has 122 valence electrons. The molecule has 2 amide bonds. The van der Waals surface area contributed by atoms with Crippen molar-refractivity contribution in [2.24, 2.45) is 5.92 Å². The van der Waals surface area contributed by atoms with Crippen molar-refractivity contribution in [1.82, 2.24) is 15.4 Å². The van der Waals surface area contributed by atoms with Gasteiger partial charge in [-0.1, -0.05) is 5.16 Å². The van der Waals surface area contributed by atoms with Crippen LogP contribution in [-0.4, -0.2) is 41.9 Å². The molecule has 1 saturated heterocycles. The summed E-state index contributed by atoms with van der Waals surface area (Å²) in [5.74, 6) is 1.57. The Morgan fingerprint density at radius 1 is 1.32 bits per heavy atom. The van der Waals surface area contributed by atoms with Gasteiger partial charge in [-0.3, -0.25) is 0 Å². The maximum atomic E-state index is 12.2. The highest BCUT2D eigenvalue weighted by atomic mass is 16.5. The van der Waals surface area contributed by atoms with Gasteiger partial charge in [0.25, 0.3) is 0 Å². The number of likely N-dealkylation sites (tertiary alicyclic amines) is 1. The molecule has 0 radical (unpaired) electrons. The molecule has 2 fully saturated rings. The Morgan fingerprint density at radius 2 is 2.05 bits per heavy atom. The maximum absolute atomic E-state index is 12.2. The van der Waals surface area contributed by atoms with E-state index < -0.39 is 0 Å². The predicted molar refractivity (Wildman–Crippen MR) is 81.5 cm³/mol. The lowest BCUT2D eigenvalue weighted by Gasteiger charge is -2.32. The monoisotopic (exact) mass is 307 g/mol. The summed E-state index contributed by atoms with van der Waals surface area (Å²) in [7, 11) is 0. The lowest BCUT2D eigenvalue weighted by atomic mass is 10.1. The number of piperidine rings is 1. The van der Waals surface area contributed by atoms with Crippen LogP contribution in [0.1, 0.15) is 42.7 Å². The van der Waals surface area contributed by atoms with Crippen molar-refractivity contribution in [1.29, 1.82) is 0 Å². The number of nitrogens with one attached hydrogen (secondary N) is 1. The molecule has 2 heterocycles. The molecule has 3 rings (SSSR count). The second-order valence-corrected chi connectivity index (χ2v) is 6.42. The molecule has 0 atom stereocenters. The molecule has 6 heteroatoms. The third kappa shape index (κ3) is 3.80. The van der Waals surface area contributed by atoms with Crippen molar-refractivity contribution < 1.29 is 14.1 Å². The van der Waals surface area contributed by atoms with E-state index in [1.807, 2.05) is 18.7 Å². The number of carbonyl (C=O) groups excluding carboxylic acids is 1. The van der Waals surface area contributed by atoms with Crippen LogP contribution in [0.15, 0.2) is 4.52 Å². The van der Waals surface area contributed by atoms with Gasteiger partial charge in [0.2, 0.25) is 0 Å². The highest BCUT2D eigenvalue weighted by molar-refractivity contribution is 5.74. The topological polar surface area (TPSA) is 67.6 Å². The molecule has 6 nitrogen and oxygen atoms in total. The van der Waals surface area contributed by atoms with Crippen LogP contribution in [0.4, 0.5) is 4.79 Å². The van der Waals surface area contributed by atoms with E-state index in [4.69, 9.17) is 9.26 Å². The normalized spacial score (nSPS) is 19.5. The van der Waals surface area contributed by atoms with E-state index in [2.05, 4.69) is 10.5 Å². The number of urea groups is 1. The quantitative estimate of drug-likeness (QED) is 0.907. The summed E-state index contributed by atoms with van der Waals surface area (Å²) in [5.41, 5.74) is 1.81. The Morgan fingerprint density at radius 3 is 2.64 bits per heavy atom. The summed E-state index contributed by atoms with van der Waals surface area (Å²) in [6.45, 7) is 6.66. The van der Waals surface area contributed by atoms with Crippen LogP contribution in [-0.2, 0) is 11.3 Å². The van der Waals surface area contributed by atoms with E-state index in [1.54, 1.807) is 0 Å². The SMILES string of the molecule is Cc1noc(C)c1CNC(=O)N1CCC(OCC2CC2)CC1. The molecule has 0 bridgehead atoms. The van der Waals surface area contributed by atoms with Crippen LogP contribution in [0.25, 0.3) is 0 Å². The van der Waals surface area contributed by atoms with Crippen molar-refractivity contribution in [3.8, 4) is 0 Å². The molecular formula is C16H25N3O3. The number of aryl methyl sites for hydroxylation is 2. The summed E-state index contributed by atoms with van der Waals surface area (Å²) >= 11 is 0. The minimum atomic E-state index is -0.0133. The van der Waals surface area contributed by atoms with Crippen molar-refractivity contribution in [3.05, 3.63) is 17.0 Å². The van der Waals surface area contributed by atoms with Crippen LogP contribution >= 0.6 is 0 Å². The van der Waals surface area contributed by atoms with Crippen molar-refractivity contribution in [2.75, 3.05) is 19.7 Å². The van der Waals surface area contributed by atoms with E-state index in [1.165, 1.54) is 12.8 Å². The minimum Gasteiger partial charge on any atom is -0.378 e. The number of hydrogen-bond acceptors (Lipinski definition) is 4. The van der Waals surface area contributed by atoms with Gasteiger partial charge in [-0.05, 0) is 45.4 Å². The summed E-state index contributed by atoms with van der Waals surface area (Å²) in [6.07, 6.45) is 4.84. The van der Waals surface area contributed by atoms with Gasteiger partial charge < -0.3 is 19.5 Å². The minimum absolute atomic E-state index is 0.0133. The molecule has 1 aliphatic carbocycles. The van der Waals surface area contributed by atoms with E-state index in [0.717, 1.165) is 55.5 Å². The lowest BCUT2D eigenvalue weighted by molar-refractivity contribution is 0.00946. The summed E-state index contributed by atoms with van der Waals surface area (Å²) in [5, 5.41) is 6.86. The van der Waals surface area contributed by atoms with Crippen LogP contribution in [0.5, 0.6) is 0 Å². The summed E-state index contributed by atoms with van der Waals surface area (Å²) < 4.78 is 11.0. The molecule has 0 aromatic carbocycles. The number of rotatable bonds is 5. The van der Waals surface area contributed by atoms with Gasteiger partial charge >= 0.3 is 6.03 Å². The Hall–Kier alpha value is -1.56. The standard InChI is InChI=1S/C16H25N3O3/c1-11-15(12(2)22-18-11)9-17-16(20)19-7-5-14(6-8-19)21-10-13-3-4-13/h13-14H,3-10H2,1-2H3,(H,17,20). The van der Waals surface area contributed by atoms with E-state index in [-0.39, 0.29) is 6.03 Å². The smallest absolute Gasteiger partial charge is 0.317 e. The number of carbonyl (C=O) groups is 1. The first-order valence-electron chi connectivity index (χ1n) is 8.19. The van der Waals surface area contributed by atoms with Crippen molar-refractivity contribution >= 4 is 6.03 Å². The van der Waals surface area contributed by atoms with E-state index >= 15 is 0 Å². The van der Waals surface area contributed by atoms with Crippen LogP contribution in [0.3, 0.4) is 0 Å². The van der Waals surface area contributed by atoms with Gasteiger partial charge in [-0.2, -0.15) is 0 Å². The van der Waals surface area contributed by atoms with Gasteiger partial charge in [0.1, 0.15) is 5.76 Å². The molecule has 1 N–H and O–H groups in total. The highest BCUT2D eigenvalue weighted by Crippen LogP contribution is 2.30. The molecule has 1 aromatic rings. The summed E-state index contributed by atoms with van der Waals surface area (Å²) in [6, 6.07) is -0.0133. The fourth-order valence-corrected chi connectivity index (χ4v) is 2.81. The second kappa shape index (κ2) is 6.69. The number of nitrogens with zero attached hydrogens (tertiary/aromatic N) is 2. The van der Waals surface area contributed by atoms with Crippen LogP contribution < -0.4 is 5.32 Å². The molecular weight excluding hydrogens is 282 g/mol.